The minimum Gasteiger partial charge on any atom is -0.283 e. The molecular weight excluding hydrogens is 332 g/mol. The zero-order chi connectivity index (χ0) is 17.0. The summed E-state index contributed by atoms with van der Waals surface area (Å²) in [5.41, 5.74) is -0.904. The number of hydrogen-bond donors (Lipinski definition) is 1. The topological polar surface area (TPSA) is 98.9 Å². The molecule has 1 aromatic heterocycles. The first-order valence-corrected chi connectivity index (χ1v) is 8.42. The molecule has 126 valence electrons. The first-order chi connectivity index (χ1) is 10.9. The van der Waals surface area contributed by atoms with Crippen LogP contribution >= 0.6 is 0 Å². The van der Waals surface area contributed by atoms with Gasteiger partial charge in [0.05, 0.1) is 24.7 Å². The number of hydrogen-bond acceptors (Lipinski definition) is 5. The van der Waals surface area contributed by atoms with E-state index < -0.39 is 28.2 Å². The van der Waals surface area contributed by atoms with Gasteiger partial charge in [0.1, 0.15) is 11.5 Å². The molecule has 0 saturated heterocycles. The second-order valence-corrected chi connectivity index (χ2v) is 6.62. The van der Waals surface area contributed by atoms with Gasteiger partial charge >= 0.3 is 5.69 Å². The Bertz CT molecular complexity index is 847. The second-order valence-electron chi connectivity index (χ2n) is 4.61. The predicted molar refractivity (Wildman–Crippen MR) is 79.3 cm³/mol. The van der Waals surface area contributed by atoms with Crippen molar-refractivity contribution in [2.24, 2.45) is 0 Å². The van der Waals surface area contributed by atoms with Crippen LogP contribution in [0, 0.1) is 5.82 Å². The first kappa shape index (κ1) is 17.1. The standard InChI is InChI=1S/C12H15F2N5O3S/c1-2-23(21,22)15-9-4-5-10(14)11(8-9)19-12(20)18(16-17-19)7-3-6-13/h4-5,8,15H,2-3,6-7H2,1H3. The molecule has 0 radical (unpaired) electrons. The Kier molecular flexibility index (Phi) is 5.08. The summed E-state index contributed by atoms with van der Waals surface area (Å²) < 4.78 is 53.0. The number of benzene rings is 1. The number of alkyl halides is 1. The van der Waals surface area contributed by atoms with Gasteiger partial charge in [-0.1, -0.05) is 0 Å². The lowest BCUT2D eigenvalue weighted by atomic mass is 10.3. The van der Waals surface area contributed by atoms with Crippen molar-refractivity contribution in [1.29, 1.82) is 0 Å². The molecule has 1 heterocycles. The highest BCUT2D eigenvalue weighted by Crippen LogP contribution is 2.18. The fourth-order valence-corrected chi connectivity index (χ4v) is 2.40. The van der Waals surface area contributed by atoms with Crippen molar-refractivity contribution in [2.45, 2.75) is 19.9 Å². The van der Waals surface area contributed by atoms with Crippen molar-refractivity contribution in [1.82, 2.24) is 19.8 Å². The molecule has 0 unspecified atom stereocenters. The van der Waals surface area contributed by atoms with E-state index in [4.69, 9.17) is 0 Å². The minimum absolute atomic E-state index is 0.0130. The molecule has 11 heteroatoms. The lowest BCUT2D eigenvalue weighted by Crippen LogP contribution is -2.25. The number of sulfonamides is 1. The van der Waals surface area contributed by atoms with Gasteiger partial charge < -0.3 is 0 Å². The van der Waals surface area contributed by atoms with Crippen LogP contribution in [0.2, 0.25) is 0 Å². The van der Waals surface area contributed by atoms with Gasteiger partial charge in [-0.05, 0) is 42.0 Å². The number of anilines is 1. The first-order valence-electron chi connectivity index (χ1n) is 6.77. The molecule has 0 aliphatic heterocycles. The summed E-state index contributed by atoms with van der Waals surface area (Å²) >= 11 is 0. The quantitative estimate of drug-likeness (QED) is 0.794. The molecule has 1 aromatic carbocycles. The van der Waals surface area contributed by atoms with Gasteiger partial charge in [-0.3, -0.25) is 9.11 Å². The number of halogens is 2. The fraction of sp³-hybridized carbons (Fsp3) is 0.417. The maximum atomic E-state index is 13.9. The molecule has 2 aromatic rings. The van der Waals surface area contributed by atoms with Crippen molar-refractivity contribution >= 4 is 15.7 Å². The van der Waals surface area contributed by atoms with Crippen LogP contribution in [0.3, 0.4) is 0 Å². The molecule has 23 heavy (non-hydrogen) atoms. The van der Waals surface area contributed by atoms with E-state index in [9.17, 15) is 22.0 Å². The van der Waals surface area contributed by atoms with Gasteiger partial charge in [0.15, 0.2) is 0 Å². The monoisotopic (exact) mass is 347 g/mol. The fourth-order valence-electron chi connectivity index (χ4n) is 1.77. The number of nitrogens with zero attached hydrogens (tertiary/aromatic N) is 4. The third-order valence-electron chi connectivity index (χ3n) is 2.97. The summed E-state index contributed by atoms with van der Waals surface area (Å²) in [5.74, 6) is -0.928. The van der Waals surface area contributed by atoms with E-state index in [1.54, 1.807) is 0 Å². The number of aryl methyl sites for hydroxylation is 1. The molecule has 0 saturated carbocycles. The smallest absolute Gasteiger partial charge is 0.283 e. The van der Waals surface area contributed by atoms with Crippen LogP contribution in [0.4, 0.5) is 14.5 Å². The summed E-state index contributed by atoms with van der Waals surface area (Å²) in [7, 11) is -3.54. The Hall–Kier alpha value is -2.30. The van der Waals surface area contributed by atoms with E-state index in [0.29, 0.717) is 4.68 Å². The average Bonchev–Trinajstić information content (AvgIpc) is 2.88. The van der Waals surface area contributed by atoms with Crippen molar-refractivity contribution in [3.8, 4) is 5.69 Å². The van der Waals surface area contributed by atoms with Crippen LogP contribution in [0.5, 0.6) is 0 Å². The highest BCUT2D eigenvalue weighted by atomic mass is 32.2. The van der Waals surface area contributed by atoms with Gasteiger partial charge in [0, 0.05) is 0 Å². The van der Waals surface area contributed by atoms with Crippen LogP contribution in [0.1, 0.15) is 13.3 Å². The van der Waals surface area contributed by atoms with Crippen LogP contribution in [-0.2, 0) is 16.6 Å². The van der Waals surface area contributed by atoms with E-state index in [0.717, 1.165) is 16.8 Å². The Morgan fingerprint density at radius 2 is 2.04 bits per heavy atom. The molecule has 0 aliphatic rings. The molecule has 1 N–H and O–H groups in total. The molecular formula is C12H15F2N5O3S. The Balaban J connectivity index is 2.40. The van der Waals surface area contributed by atoms with E-state index in [1.165, 1.54) is 13.0 Å². The van der Waals surface area contributed by atoms with Gasteiger partial charge in [0.25, 0.3) is 0 Å². The van der Waals surface area contributed by atoms with Gasteiger partial charge in [0.2, 0.25) is 10.0 Å². The Morgan fingerprint density at radius 3 is 2.70 bits per heavy atom. The summed E-state index contributed by atoms with van der Waals surface area (Å²) in [5, 5.41) is 7.07. The third-order valence-corrected chi connectivity index (χ3v) is 4.28. The number of aromatic nitrogens is 4. The van der Waals surface area contributed by atoms with Crippen LogP contribution in [0.15, 0.2) is 23.0 Å². The summed E-state index contributed by atoms with van der Waals surface area (Å²) in [6.07, 6.45) is 0.0808. The van der Waals surface area contributed by atoms with E-state index >= 15 is 0 Å². The Labute approximate surface area is 130 Å². The predicted octanol–water partition coefficient (Wildman–Crippen LogP) is 0.689. The number of tetrazole rings is 1. The lowest BCUT2D eigenvalue weighted by Gasteiger charge is -2.08. The normalized spacial score (nSPS) is 11.6. The molecule has 0 bridgehead atoms. The number of nitrogens with one attached hydrogen (secondary N) is 1. The van der Waals surface area contributed by atoms with E-state index in [1.807, 2.05) is 0 Å². The number of rotatable bonds is 7. The highest BCUT2D eigenvalue weighted by molar-refractivity contribution is 7.92. The molecule has 0 spiro atoms. The average molecular weight is 347 g/mol. The van der Waals surface area contributed by atoms with Gasteiger partial charge in [-0.25, -0.2) is 17.6 Å². The second kappa shape index (κ2) is 6.86. The van der Waals surface area contributed by atoms with Crippen molar-refractivity contribution < 1.29 is 17.2 Å². The molecule has 2 rings (SSSR count). The van der Waals surface area contributed by atoms with Crippen molar-refractivity contribution in [3.63, 3.8) is 0 Å². The molecule has 0 atom stereocenters. The zero-order valence-electron chi connectivity index (χ0n) is 12.2. The molecule has 0 amide bonds. The third kappa shape index (κ3) is 3.92. The van der Waals surface area contributed by atoms with Crippen molar-refractivity contribution in [2.75, 3.05) is 17.1 Å². The molecule has 0 aliphatic carbocycles. The minimum atomic E-state index is -3.54. The van der Waals surface area contributed by atoms with Crippen LogP contribution in [-0.4, -0.2) is 40.6 Å². The lowest BCUT2D eigenvalue weighted by molar-refractivity contribution is 0.427. The molecule has 0 fully saturated rings. The van der Waals surface area contributed by atoms with Crippen molar-refractivity contribution in [3.05, 3.63) is 34.5 Å². The van der Waals surface area contributed by atoms with E-state index in [2.05, 4.69) is 15.1 Å². The Morgan fingerprint density at radius 1 is 1.30 bits per heavy atom. The van der Waals surface area contributed by atoms with Gasteiger partial charge in [-0.2, -0.15) is 9.36 Å². The van der Waals surface area contributed by atoms with Crippen LogP contribution < -0.4 is 10.4 Å². The highest BCUT2D eigenvalue weighted by Gasteiger charge is 2.15. The summed E-state index contributed by atoms with van der Waals surface area (Å²) in [4.78, 5) is 12.1. The molecule has 8 nitrogen and oxygen atoms in total. The van der Waals surface area contributed by atoms with Gasteiger partial charge in [-0.15, -0.1) is 0 Å². The summed E-state index contributed by atoms with van der Waals surface area (Å²) in [6.45, 7) is 0.842. The maximum Gasteiger partial charge on any atom is 0.368 e. The van der Waals surface area contributed by atoms with E-state index in [-0.39, 0.29) is 30.1 Å². The summed E-state index contributed by atoms with van der Waals surface area (Å²) in [6, 6.07) is 3.37. The zero-order valence-corrected chi connectivity index (χ0v) is 13.1. The van der Waals surface area contributed by atoms with Crippen LogP contribution in [0.25, 0.3) is 5.69 Å². The maximum absolute atomic E-state index is 13.9. The SMILES string of the molecule is CCS(=O)(=O)Nc1ccc(F)c(-n2nnn(CCCF)c2=O)c1. The largest absolute Gasteiger partial charge is 0.368 e.